The standard InChI is InChI=1S/C20H25N3O4/c24-18(8-16-3-1-2-4-17(16)23(26)27)21-22-19(25)12-20-9-13-5-14(10-20)7-15(6-13)11-20/h1-4,13-15H,5-12H2,(H,21,24)(H,22,25). The third-order valence-electron chi connectivity index (χ3n) is 6.58. The summed E-state index contributed by atoms with van der Waals surface area (Å²) >= 11 is 0. The van der Waals surface area contributed by atoms with Gasteiger partial charge in [0, 0.05) is 18.1 Å². The molecule has 144 valence electrons. The molecule has 2 N–H and O–H groups in total. The fraction of sp³-hybridized carbons (Fsp3) is 0.600. The molecule has 0 atom stereocenters. The van der Waals surface area contributed by atoms with E-state index in [1.807, 2.05) is 0 Å². The Morgan fingerprint density at radius 1 is 1.00 bits per heavy atom. The van der Waals surface area contributed by atoms with Crippen molar-refractivity contribution in [3.63, 3.8) is 0 Å². The number of carbonyl (C=O) groups excluding carboxylic acids is 2. The molecule has 2 amide bonds. The number of nitro groups is 1. The predicted molar refractivity (Wildman–Crippen MR) is 98.3 cm³/mol. The number of benzene rings is 1. The molecule has 5 rings (SSSR count). The van der Waals surface area contributed by atoms with Gasteiger partial charge in [0.15, 0.2) is 0 Å². The summed E-state index contributed by atoms with van der Waals surface area (Å²) in [7, 11) is 0. The number of nitro benzene ring substituents is 1. The van der Waals surface area contributed by atoms with Crippen molar-refractivity contribution < 1.29 is 14.5 Å². The van der Waals surface area contributed by atoms with Crippen LogP contribution < -0.4 is 10.9 Å². The summed E-state index contributed by atoms with van der Waals surface area (Å²) in [6, 6.07) is 6.14. The lowest BCUT2D eigenvalue weighted by Crippen LogP contribution is -2.50. The van der Waals surface area contributed by atoms with Crippen LogP contribution in [0.3, 0.4) is 0 Å². The average Bonchev–Trinajstić information content (AvgIpc) is 2.58. The van der Waals surface area contributed by atoms with Crippen molar-refractivity contribution in [2.24, 2.45) is 23.2 Å². The van der Waals surface area contributed by atoms with Crippen LogP contribution in [0.4, 0.5) is 5.69 Å². The highest BCUT2D eigenvalue weighted by atomic mass is 16.6. The number of rotatable bonds is 5. The maximum absolute atomic E-state index is 12.4. The Labute approximate surface area is 158 Å². The van der Waals surface area contributed by atoms with Crippen LogP contribution in [-0.4, -0.2) is 16.7 Å². The van der Waals surface area contributed by atoms with Crippen LogP contribution in [0.5, 0.6) is 0 Å². The van der Waals surface area contributed by atoms with Gasteiger partial charge in [-0.3, -0.25) is 30.6 Å². The lowest BCUT2D eigenvalue weighted by Gasteiger charge is -2.56. The normalized spacial score (nSPS) is 30.7. The first-order valence-electron chi connectivity index (χ1n) is 9.72. The van der Waals surface area contributed by atoms with E-state index in [0.29, 0.717) is 12.0 Å². The maximum atomic E-state index is 12.4. The average molecular weight is 371 g/mol. The molecule has 7 heteroatoms. The van der Waals surface area contributed by atoms with E-state index in [2.05, 4.69) is 10.9 Å². The molecule has 0 radical (unpaired) electrons. The summed E-state index contributed by atoms with van der Waals surface area (Å²) in [6.45, 7) is 0. The van der Waals surface area contributed by atoms with E-state index >= 15 is 0 Å². The zero-order valence-electron chi connectivity index (χ0n) is 15.3. The molecule has 4 aliphatic carbocycles. The first-order valence-corrected chi connectivity index (χ1v) is 9.72. The molecule has 4 saturated carbocycles. The van der Waals surface area contributed by atoms with Crippen LogP contribution in [0.1, 0.15) is 50.5 Å². The molecule has 27 heavy (non-hydrogen) atoms. The van der Waals surface area contributed by atoms with Crippen LogP contribution >= 0.6 is 0 Å². The number of hydrogen-bond donors (Lipinski definition) is 2. The summed E-state index contributed by atoms with van der Waals surface area (Å²) in [6.07, 6.45) is 7.70. The molecule has 4 aliphatic rings. The summed E-state index contributed by atoms with van der Waals surface area (Å²) in [5, 5.41) is 11.0. The van der Waals surface area contributed by atoms with Gasteiger partial charge in [-0.2, -0.15) is 0 Å². The minimum Gasteiger partial charge on any atom is -0.273 e. The van der Waals surface area contributed by atoms with Gasteiger partial charge in [0.1, 0.15) is 0 Å². The molecular formula is C20H25N3O4. The molecule has 4 bridgehead atoms. The number of hydrazine groups is 1. The number of para-hydroxylation sites is 1. The van der Waals surface area contributed by atoms with Crippen molar-refractivity contribution in [1.82, 2.24) is 10.9 Å². The highest BCUT2D eigenvalue weighted by molar-refractivity contribution is 5.84. The summed E-state index contributed by atoms with van der Waals surface area (Å²) in [4.78, 5) is 35.1. The fourth-order valence-electron chi connectivity index (χ4n) is 6.09. The Kier molecular flexibility index (Phi) is 4.61. The van der Waals surface area contributed by atoms with E-state index in [0.717, 1.165) is 37.0 Å². The summed E-state index contributed by atoms with van der Waals surface area (Å²) in [5.74, 6) is 1.71. The first-order chi connectivity index (χ1) is 12.9. The van der Waals surface area contributed by atoms with Crippen molar-refractivity contribution in [2.75, 3.05) is 0 Å². The molecule has 0 saturated heterocycles. The minimum atomic E-state index is -0.506. The first kappa shape index (κ1) is 17.9. The molecule has 1 aromatic rings. The van der Waals surface area contributed by atoms with Gasteiger partial charge in [0.25, 0.3) is 5.69 Å². The van der Waals surface area contributed by atoms with Crippen LogP contribution in [0.15, 0.2) is 24.3 Å². The number of nitrogens with zero attached hydrogens (tertiary/aromatic N) is 1. The molecule has 7 nitrogen and oxygen atoms in total. The predicted octanol–water partition coefficient (Wildman–Crippen LogP) is 2.89. The lowest BCUT2D eigenvalue weighted by molar-refractivity contribution is -0.385. The second kappa shape index (κ2) is 6.94. The molecule has 0 heterocycles. The molecule has 0 aliphatic heterocycles. The zero-order valence-corrected chi connectivity index (χ0v) is 15.3. The van der Waals surface area contributed by atoms with Crippen LogP contribution in [0.2, 0.25) is 0 Å². The number of hydrogen-bond acceptors (Lipinski definition) is 4. The van der Waals surface area contributed by atoms with Gasteiger partial charge in [-0.1, -0.05) is 18.2 Å². The van der Waals surface area contributed by atoms with Crippen LogP contribution in [-0.2, 0) is 16.0 Å². The van der Waals surface area contributed by atoms with Gasteiger partial charge in [-0.25, -0.2) is 0 Å². The largest absolute Gasteiger partial charge is 0.273 e. The Morgan fingerprint density at radius 3 is 2.15 bits per heavy atom. The van der Waals surface area contributed by atoms with Crippen LogP contribution in [0, 0.1) is 33.3 Å². The monoisotopic (exact) mass is 371 g/mol. The Balaban J connectivity index is 1.30. The van der Waals surface area contributed by atoms with Gasteiger partial charge in [-0.05, 0) is 61.7 Å². The molecule has 1 aromatic carbocycles. The van der Waals surface area contributed by atoms with Crippen molar-refractivity contribution in [1.29, 1.82) is 0 Å². The summed E-state index contributed by atoms with van der Waals surface area (Å²) in [5.41, 5.74) is 5.29. The molecular weight excluding hydrogens is 346 g/mol. The van der Waals surface area contributed by atoms with Gasteiger partial charge >= 0.3 is 0 Å². The van der Waals surface area contributed by atoms with Crippen molar-refractivity contribution in [3.05, 3.63) is 39.9 Å². The number of amides is 2. The van der Waals surface area contributed by atoms with E-state index in [1.54, 1.807) is 18.2 Å². The third kappa shape index (κ3) is 3.82. The minimum absolute atomic E-state index is 0.0902. The molecule has 4 fully saturated rings. The lowest BCUT2D eigenvalue weighted by atomic mass is 9.49. The number of nitrogens with one attached hydrogen (secondary N) is 2. The highest BCUT2D eigenvalue weighted by Gasteiger charge is 2.51. The van der Waals surface area contributed by atoms with E-state index in [4.69, 9.17) is 0 Å². The number of carbonyl (C=O) groups is 2. The quantitative estimate of drug-likeness (QED) is 0.614. The van der Waals surface area contributed by atoms with Crippen LogP contribution in [0.25, 0.3) is 0 Å². The Bertz CT molecular complexity index is 741. The Morgan fingerprint density at radius 2 is 1.56 bits per heavy atom. The van der Waals surface area contributed by atoms with Crippen molar-refractivity contribution >= 4 is 17.5 Å². The van der Waals surface area contributed by atoms with Gasteiger partial charge < -0.3 is 0 Å². The Hall–Kier alpha value is -2.44. The van der Waals surface area contributed by atoms with E-state index in [1.165, 1.54) is 25.3 Å². The molecule has 0 unspecified atom stereocenters. The van der Waals surface area contributed by atoms with Gasteiger partial charge in [-0.15, -0.1) is 0 Å². The highest BCUT2D eigenvalue weighted by Crippen LogP contribution is 2.61. The SMILES string of the molecule is O=C(Cc1ccccc1[N+](=O)[O-])NNC(=O)CC12CC3CC(CC(C3)C1)C2. The van der Waals surface area contributed by atoms with Gasteiger partial charge in [0.2, 0.25) is 11.8 Å². The zero-order chi connectivity index (χ0) is 19.0. The second-order valence-electron chi connectivity index (χ2n) is 8.75. The smallest absolute Gasteiger partial charge is 0.273 e. The third-order valence-corrected chi connectivity index (χ3v) is 6.58. The fourth-order valence-corrected chi connectivity index (χ4v) is 6.09. The summed E-state index contributed by atoms with van der Waals surface area (Å²) < 4.78 is 0. The maximum Gasteiger partial charge on any atom is 0.273 e. The topological polar surface area (TPSA) is 101 Å². The second-order valence-corrected chi connectivity index (χ2v) is 8.75. The van der Waals surface area contributed by atoms with E-state index < -0.39 is 10.8 Å². The van der Waals surface area contributed by atoms with E-state index in [9.17, 15) is 19.7 Å². The molecule has 0 aromatic heterocycles. The molecule has 0 spiro atoms. The van der Waals surface area contributed by atoms with Crippen molar-refractivity contribution in [2.45, 2.75) is 51.4 Å². The van der Waals surface area contributed by atoms with Crippen molar-refractivity contribution in [3.8, 4) is 0 Å². The van der Waals surface area contributed by atoms with E-state index in [-0.39, 0.29) is 23.4 Å². The van der Waals surface area contributed by atoms with Gasteiger partial charge in [0.05, 0.1) is 11.3 Å².